The Bertz CT molecular complexity index is 808. The van der Waals surface area contributed by atoms with E-state index >= 15 is 0 Å². The van der Waals surface area contributed by atoms with Gasteiger partial charge in [-0.1, -0.05) is 58.5 Å². The molecule has 0 aliphatic heterocycles. The van der Waals surface area contributed by atoms with Crippen molar-refractivity contribution in [1.82, 2.24) is 4.57 Å². The summed E-state index contributed by atoms with van der Waals surface area (Å²) in [6, 6.07) is 12.3. The summed E-state index contributed by atoms with van der Waals surface area (Å²) < 4.78 is -0.523. The number of allylic oxidation sites excluding steroid dienone is 1. The van der Waals surface area contributed by atoms with Crippen molar-refractivity contribution in [2.45, 2.75) is 3.79 Å². The first-order valence-electron chi connectivity index (χ1n) is 6.39. The number of carbonyl (C=O) groups is 1. The molecule has 1 aromatic heterocycles. The molecule has 1 heterocycles. The number of carbonyl (C=O) groups excluding carboxylic acids is 1. The Hall–Kier alpha value is -1.44. The van der Waals surface area contributed by atoms with Gasteiger partial charge in [-0.3, -0.25) is 4.79 Å². The molecule has 118 valence electrons. The third kappa shape index (κ3) is 4.10. The minimum absolute atomic E-state index is 0.206. The lowest BCUT2D eigenvalue weighted by Crippen LogP contribution is -2.21. The summed E-state index contributed by atoms with van der Waals surface area (Å²) in [6.45, 7) is 0. The van der Waals surface area contributed by atoms with Gasteiger partial charge in [0, 0.05) is 12.1 Å². The summed E-state index contributed by atoms with van der Waals surface area (Å²) in [5.74, 6) is -0.653. The second-order valence-electron chi connectivity index (χ2n) is 4.71. The molecule has 0 aliphatic carbocycles. The molecule has 3 nitrogen and oxygen atoms in total. The highest BCUT2D eigenvalue weighted by molar-refractivity contribution is 6.77. The maximum absolute atomic E-state index is 12.1. The Labute approximate surface area is 153 Å². The van der Waals surface area contributed by atoms with Gasteiger partial charge in [-0.05, 0) is 35.9 Å². The van der Waals surface area contributed by atoms with Gasteiger partial charge in [0.05, 0.1) is 17.0 Å². The maximum atomic E-state index is 12.1. The number of benzene rings is 1. The lowest BCUT2D eigenvalue weighted by atomic mass is 10.1. The number of hydrogen-bond donors (Lipinski definition) is 0. The lowest BCUT2D eigenvalue weighted by molar-refractivity contribution is 0.0988. The summed E-state index contributed by atoms with van der Waals surface area (Å²) in [5, 5.41) is 10.0. The molecule has 1 aromatic carbocycles. The fourth-order valence-corrected chi connectivity index (χ4v) is 2.46. The van der Waals surface area contributed by atoms with Crippen LogP contribution in [0.3, 0.4) is 0 Å². The van der Waals surface area contributed by atoms with Crippen LogP contribution >= 0.6 is 46.4 Å². The van der Waals surface area contributed by atoms with Gasteiger partial charge in [0.25, 0.3) is 3.79 Å². The van der Waals surface area contributed by atoms with Crippen LogP contribution < -0.4 is 0 Å². The largest absolute Gasteiger partial charge is 0.341 e. The lowest BCUT2D eigenvalue weighted by Gasteiger charge is -2.11. The Morgan fingerprint density at radius 3 is 2.22 bits per heavy atom. The van der Waals surface area contributed by atoms with Crippen molar-refractivity contribution in [3.05, 3.63) is 58.4 Å². The standard InChI is InChI=1S/C16H10Cl4N2O/c1-22-13(6-7-14(22)15(23)16(18,19)20)11(9-21)8-10-2-4-12(17)5-3-10/h2-8H,1H3. The van der Waals surface area contributed by atoms with Crippen molar-refractivity contribution in [3.8, 4) is 6.07 Å². The topological polar surface area (TPSA) is 45.8 Å². The Morgan fingerprint density at radius 1 is 1.13 bits per heavy atom. The molecule has 0 spiro atoms. The van der Waals surface area contributed by atoms with Crippen molar-refractivity contribution < 1.29 is 4.79 Å². The zero-order chi connectivity index (χ0) is 17.2. The average Bonchev–Trinajstić information content (AvgIpc) is 2.86. The number of ketones is 1. The van der Waals surface area contributed by atoms with Gasteiger partial charge in [-0.2, -0.15) is 5.26 Å². The van der Waals surface area contributed by atoms with Crippen LogP contribution in [0, 0.1) is 11.3 Å². The van der Waals surface area contributed by atoms with Crippen molar-refractivity contribution >= 4 is 63.8 Å². The molecule has 0 bridgehead atoms. The normalized spacial score (nSPS) is 12.1. The molecule has 0 saturated heterocycles. The van der Waals surface area contributed by atoms with Crippen molar-refractivity contribution in [2.75, 3.05) is 0 Å². The number of rotatable bonds is 3. The van der Waals surface area contributed by atoms with Gasteiger partial charge in [-0.25, -0.2) is 0 Å². The fraction of sp³-hybridized carbons (Fsp3) is 0.125. The zero-order valence-electron chi connectivity index (χ0n) is 11.9. The summed E-state index contributed by atoms with van der Waals surface area (Å²) in [4.78, 5) is 12.1. The van der Waals surface area contributed by atoms with E-state index in [2.05, 4.69) is 6.07 Å². The van der Waals surface area contributed by atoms with Crippen LogP contribution in [0.2, 0.25) is 5.02 Å². The van der Waals surface area contributed by atoms with Crippen LogP contribution in [0.15, 0.2) is 36.4 Å². The first-order chi connectivity index (χ1) is 10.7. The predicted molar refractivity (Wildman–Crippen MR) is 95.0 cm³/mol. The minimum Gasteiger partial charge on any atom is -0.341 e. The van der Waals surface area contributed by atoms with Gasteiger partial charge in [-0.15, -0.1) is 0 Å². The second-order valence-corrected chi connectivity index (χ2v) is 7.43. The van der Waals surface area contributed by atoms with E-state index in [1.807, 2.05) is 0 Å². The smallest absolute Gasteiger partial charge is 0.255 e. The minimum atomic E-state index is -2.05. The van der Waals surface area contributed by atoms with Gasteiger partial charge in [0.15, 0.2) is 0 Å². The molecule has 7 heteroatoms. The van der Waals surface area contributed by atoms with Crippen LogP contribution in [-0.2, 0) is 7.05 Å². The van der Waals surface area contributed by atoms with E-state index in [1.165, 1.54) is 10.6 Å². The van der Waals surface area contributed by atoms with Crippen LogP contribution in [0.25, 0.3) is 11.6 Å². The highest BCUT2D eigenvalue weighted by atomic mass is 35.6. The van der Waals surface area contributed by atoms with E-state index in [1.54, 1.807) is 43.5 Å². The number of aromatic nitrogens is 1. The molecule has 2 rings (SSSR count). The van der Waals surface area contributed by atoms with Gasteiger partial charge in [0.1, 0.15) is 6.07 Å². The maximum Gasteiger partial charge on any atom is 0.255 e. The second kappa shape index (κ2) is 6.98. The zero-order valence-corrected chi connectivity index (χ0v) is 14.9. The molecule has 23 heavy (non-hydrogen) atoms. The quantitative estimate of drug-likeness (QED) is 0.407. The molecule has 0 unspecified atom stereocenters. The number of nitriles is 1. The monoisotopic (exact) mass is 386 g/mol. The molecule has 2 aromatic rings. The van der Waals surface area contributed by atoms with Crippen LogP contribution in [0.5, 0.6) is 0 Å². The first kappa shape index (κ1) is 17.9. The summed E-state index contributed by atoms with van der Waals surface area (Å²) in [6.07, 6.45) is 1.69. The third-order valence-electron chi connectivity index (χ3n) is 3.19. The number of alkyl halides is 3. The molecule has 0 amide bonds. The molecule has 0 saturated carbocycles. The fourth-order valence-electron chi connectivity index (χ4n) is 2.04. The summed E-state index contributed by atoms with van der Waals surface area (Å²) in [5.41, 5.74) is 1.93. The van der Waals surface area contributed by atoms with E-state index in [0.717, 1.165) is 5.56 Å². The van der Waals surface area contributed by atoms with Crippen molar-refractivity contribution in [1.29, 1.82) is 5.26 Å². The van der Waals surface area contributed by atoms with Gasteiger partial charge >= 0.3 is 0 Å². The van der Waals surface area contributed by atoms with Crippen LogP contribution in [0.4, 0.5) is 0 Å². The van der Waals surface area contributed by atoms with E-state index in [4.69, 9.17) is 46.4 Å². The summed E-state index contributed by atoms with van der Waals surface area (Å²) in [7, 11) is 1.63. The van der Waals surface area contributed by atoms with E-state index in [-0.39, 0.29) is 5.69 Å². The van der Waals surface area contributed by atoms with Crippen LogP contribution in [0.1, 0.15) is 21.7 Å². The highest BCUT2D eigenvalue weighted by Gasteiger charge is 2.33. The molecule has 0 N–H and O–H groups in total. The highest BCUT2D eigenvalue weighted by Crippen LogP contribution is 2.31. The van der Waals surface area contributed by atoms with Crippen molar-refractivity contribution in [2.24, 2.45) is 7.05 Å². The third-order valence-corrected chi connectivity index (χ3v) is 3.96. The molecule has 0 fully saturated rings. The van der Waals surface area contributed by atoms with Crippen LogP contribution in [-0.4, -0.2) is 14.1 Å². The molecule has 0 aliphatic rings. The van der Waals surface area contributed by atoms with Gasteiger partial charge in [0.2, 0.25) is 5.78 Å². The van der Waals surface area contributed by atoms with E-state index in [9.17, 15) is 10.1 Å². The number of halogens is 4. The average molecular weight is 388 g/mol. The molecule has 0 radical (unpaired) electrons. The molecule has 0 atom stereocenters. The number of Topliss-reactive ketones (excluding diaryl/α,β-unsaturated/α-hetero) is 1. The van der Waals surface area contributed by atoms with E-state index < -0.39 is 9.58 Å². The Kier molecular flexibility index (Phi) is 5.44. The molecular weight excluding hydrogens is 378 g/mol. The van der Waals surface area contributed by atoms with Gasteiger partial charge < -0.3 is 4.57 Å². The Balaban J connectivity index is 2.45. The Morgan fingerprint density at radius 2 is 1.70 bits per heavy atom. The van der Waals surface area contributed by atoms with E-state index in [0.29, 0.717) is 16.3 Å². The van der Waals surface area contributed by atoms with Crippen molar-refractivity contribution in [3.63, 3.8) is 0 Å². The SMILES string of the molecule is Cn1c(C(=O)C(Cl)(Cl)Cl)ccc1C(C#N)=Cc1ccc(Cl)cc1. The summed E-state index contributed by atoms with van der Waals surface area (Å²) >= 11 is 22.7. The molecular formula is C16H10Cl4N2O. The number of hydrogen-bond acceptors (Lipinski definition) is 2. The first-order valence-corrected chi connectivity index (χ1v) is 7.90. The number of nitrogens with zero attached hydrogens (tertiary/aromatic N) is 2. The predicted octanol–water partition coefficient (Wildman–Crippen LogP) is 5.30.